The Bertz CT molecular complexity index is 880. The molecule has 0 saturated heterocycles. The van der Waals surface area contributed by atoms with E-state index in [-0.39, 0.29) is 12.4 Å². The normalized spacial score (nSPS) is 10.8. The van der Waals surface area contributed by atoms with E-state index in [1.54, 1.807) is 6.07 Å². The Morgan fingerprint density at radius 1 is 1.00 bits per heavy atom. The molecule has 3 aromatic carbocycles. The lowest BCUT2D eigenvalue weighted by Crippen LogP contribution is -2.22. The van der Waals surface area contributed by atoms with E-state index in [1.165, 1.54) is 10.8 Å². The maximum absolute atomic E-state index is 6.26. The number of hydrogen-bond acceptors (Lipinski definition) is 2. The van der Waals surface area contributed by atoms with Gasteiger partial charge in [0.1, 0.15) is 12.4 Å². The summed E-state index contributed by atoms with van der Waals surface area (Å²) in [6, 6.07) is 18.4. The zero-order valence-electron chi connectivity index (χ0n) is 14.8. The molecule has 5 heteroatoms. The van der Waals surface area contributed by atoms with Crippen molar-refractivity contribution in [3.8, 4) is 5.75 Å². The molecule has 0 spiro atoms. The Kier molecular flexibility index (Phi) is 7.60. The molecule has 2 nitrogen and oxygen atoms in total. The molecule has 0 aliphatic rings. The predicted octanol–water partition coefficient (Wildman–Crippen LogP) is 6.65. The molecule has 26 heavy (non-hydrogen) atoms. The number of ether oxygens (including phenoxy) is 1. The molecular weight excluding hydrogens is 389 g/mol. The van der Waals surface area contributed by atoms with Crippen LogP contribution in [0.4, 0.5) is 0 Å². The zero-order valence-corrected chi connectivity index (χ0v) is 17.1. The third-order valence-corrected chi connectivity index (χ3v) is 4.67. The van der Waals surface area contributed by atoms with Gasteiger partial charge in [-0.3, -0.25) is 0 Å². The fourth-order valence-electron chi connectivity index (χ4n) is 2.73. The zero-order chi connectivity index (χ0) is 17.8. The summed E-state index contributed by atoms with van der Waals surface area (Å²) in [6.07, 6.45) is 0. The van der Waals surface area contributed by atoms with Crippen LogP contribution in [0.15, 0.2) is 54.6 Å². The highest BCUT2D eigenvalue weighted by molar-refractivity contribution is 6.35. The number of hydrogen-bond donors (Lipinski definition) is 1. The number of halogens is 3. The van der Waals surface area contributed by atoms with Gasteiger partial charge in [-0.1, -0.05) is 73.4 Å². The first-order valence-electron chi connectivity index (χ1n) is 8.35. The quantitative estimate of drug-likeness (QED) is 0.491. The van der Waals surface area contributed by atoms with Crippen molar-refractivity contribution < 1.29 is 4.74 Å². The summed E-state index contributed by atoms with van der Waals surface area (Å²) < 4.78 is 6.12. The van der Waals surface area contributed by atoms with Crippen LogP contribution in [0.5, 0.6) is 5.75 Å². The monoisotopic (exact) mass is 409 g/mol. The summed E-state index contributed by atoms with van der Waals surface area (Å²) in [6.45, 7) is 5.43. The highest BCUT2D eigenvalue weighted by Crippen LogP contribution is 2.30. The van der Waals surface area contributed by atoms with E-state index in [9.17, 15) is 0 Å². The fourth-order valence-corrected chi connectivity index (χ4v) is 3.20. The standard InChI is InChI=1S/C21H21Cl2NO.ClH/c1-14(2)24-12-19-18-6-4-3-5-15(18)8-10-21(19)25-13-16-7-9-17(22)11-20(16)23;/h3-11,14,24H,12-13H2,1-2H3;1H. The Hall–Kier alpha value is -1.45. The maximum atomic E-state index is 6.26. The van der Waals surface area contributed by atoms with Gasteiger partial charge in [-0.25, -0.2) is 0 Å². The number of fused-ring (bicyclic) bond motifs is 1. The van der Waals surface area contributed by atoms with Crippen molar-refractivity contribution in [1.29, 1.82) is 0 Å². The lowest BCUT2D eigenvalue weighted by atomic mass is 10.0. The van der Waals surface area contributed by atoms with Crippen LogP contribution in [-0.4, -0.2) is 6.04 Å². The molecular formula is C21H22Cl3NO. The van der Waals surface area contributed by atoms with Gasteiger partial charge < -0.3 is 10.1 Å². The van der Waals surface area contributed by atoms with E-state index in [1.807, 2.05) is 18.2 Å². The van der Waals surface area contributed by atoms with Crippen LogP contribution in [-0.2, 0) is 13.2 Å². The lowest BCUT2D eigenvalue weighted by molar-refractivity contribution is 0.302. The number of nitrogens with one attached hydrogen (secondary N) is 1. The molecule has 1 N–H and O–H groups in total. The second-order valence-corrected chi connectivity index (χ2v) is 7.17. The highest BCUT2D eigenvalue weighted by atomic mass is 35.5. The van der Waals surface area contributed by atoms with Gasteiger partial charge in [0.05, 0.1) is 0 Å². The van der Waals surface area contributed by atoms with Gasteiger partial charge in [0.15, 0.2) is 0 Å². The van der Waals surface area contributed by atoms with Crippen LogP contribution in [0.3, 0.4) is 0 Å². The molecule has 0 fully saturated rings. The Balaban J connectivity index is 0.00000243. The van der Waals surface area contributed by atoms with Gasteiger partial charge in [-0.15, -0.1) is 12.4 Å². The summed E-state index contributed by atoms with van der Waals surface area (Å²) in [5, 5.41) is 7.15. The van der Waals surface area contributed by atoms with Crippen LogP contribution < -0.4 is 10.1 Å². The lowest BCUT2D eigenvalue weighted by Gasteiger charge is -2.17. The van der Waals surface area contributed by atoms with Crippen molar-refractivity contribution in [3.63, 3.8) is 0 Å². The minimum Gasteiger partial charge on any atom is -0.488 e. The van der Waals surface area contributed by atoms with Gasteiger partial charge in [0, 0.05) is 33.8 Å². The van der Waals surface area contributed by atoms with Crippen molar-refractivity contribution in [1.82, 2.24) is 5.32 Å². The molecule has 3 aromatic rings. The average molecular weight is 411 g/mol. The molecule has 0 unspecified atom stereocenters. The van der Waals surface area contributed by atoms with E-state index < -0.39 is 0 Å². The summed E-state index contributed by atoms with van der Waals surface area (Å²) in [7, 11) is 0. The fraction of sp³-hybridized carbons (Fsp3) is 0.238. The molecule has 0 heterocycles. The van der Waals surface area contributed by atoms with E-state index in [0.29, 0.717) is 22.7 Å². The number of benzene rings is 3. The Morgan fingerprint density at radius 3 is 2.50 bits per heavy atom. The molecule has 0 aliphatic heterocycles. The predicted molar refractivity (Wildman–Crippen MR) is 114 cm³/mol. The topological polar surface area (TPSA) is 21.3 Å². The van der Waals surface area contributed by atoms with Gasteiger partial charge in [-0.2, -0.15) is 0 Å². The summed E-state index contributed by atoms with van der Waals surface area (Å²) in [5.41, 5.74) is 2.08. The van der Waals surface area contributed by atoms with Crippen LogP contribution in [0.2, 0.25) is 10.0 Å². The SMILES string of the molecule is CC(C)NCc1c(OCc2ccc(Cl)cc2Cl)ccc2ccccc12.Cl. The van der Waals surface area contributed by atoms with E-state index in [2.05, 4.69) is 49.5 Å². The molecule has 0 atom stereocenters. The molecule has 0 saturated carbocycles. The van der Waals surface area contributed by atoms with Gasteiger partial charge >= 0.3 is 0 Å². The van der Waals surface area contributed by atoms with Gasteiger partial charge in [0.25, 0.3) is 0 Å². The van der Waals surface area contributed by atoms with Crippen molar-refractivity contribution in [2.45, 2.75) is 33.0 Å². The summed E-state index contributed by atoms with van der Waals surface area (Å²) in [5.74, 6) is 0.873. The third kappa shape index (κ3) is 5.05. The molecule has 138 valence electrons. The first-order chi connectivity index (χ1) is 12.0. The Labute approximate surface area is 170 Å². The van der Waals surface area contributed by atoms with E-state index in [4.69, 9.17) is 27.9 Å². The second kappa shape index (κ2) is 9.48. The minimum absolute atomic E-state index is 0. The first-order valence-corrected chi connectivity index (χ1v) is 9.11. The number of rotatable bonds is 6. The van der Waals surface area contributed by atoms with Crippen molar-refractivity contribution in [2.75, 3.05) is 0 Å². The van der Waals surface area contributed by atoms with Crippen molar-refractivity contribution >= 4 is 46.4 Å². The van der Waals surface area contributed by atoms with Crippen LogP contribution in [0.25, 0.3) is 10.8 Å². The van der Waals surface area contributed by atoms with Gasteiger partial charge in [0.2, 0.25) is 0 Å². The Morgan fingerprint density at radius 2 is 1.77 bits per heavy atom. The molecule has 0 aliphatic carbocycles. The third-order valence-electron chi connectivity index (χ3n) is 4.08. The van der Waals surface area contributed by atoms with E-state index >= 15 is 0 Å². The van der Waals surface area contributed by atoms with E-state index in [0.717, 1.165) is 23.4 Å². The molecule has 3 rings (SSSR count). The molecule has 0 amide bonds. The summed E-state index contributed by atoms with van der Waals surface area (Å²) >= 11 is 12.2. The first kappa shape index (κ1) is 20.9. The van der Waals surface area contributed by atoms with Crippen molar-refractivity contribution in [2.24, 2.45) is 0 Å². The molecule has 0 radical (unpaired) electrons. The van der Waals surface area contributed by atoms with Crippen LogP contribution in [0, 0.1) is 0 Å². The second-order valence-electron chi connectivity index (χ2n) is 6.32. The highest BCUT2D eigenvalue weighted by Gasteiger charge is 2.11. The maximum Gasteiger partial charge on any atom is 0.124 e. The smallest absolute Gasteiger partial charge is 0.124 e. The molecule has 0 bridgehead atoms. The van der Waals surface area contributed by atoms with Crippen molar-refractivity contribution in [3.05, 3.63) is 75.8 Å². The summed E-state index contributed by atoms with van der Waals surface area (Å²) in [4.78, 5) is 0. The minimum atomic E-state index is 0. The van der Waals surface area contributed by atoms with Crippen LogP contribution >= 0.6 is 35.6 Å². The average Bonchev–Trinajstić information content (AvgIpc) is 2.59. The van der Waals surface area contributed by atoms with Gasteiger partial charge in [-0.05, 0) is 29.0 Å². The van der Waals surface area contributed by atoms with Crippen LogP contribution in [0.1, 0.15) is 25.0 Å². The molecule has 0 aromatic heterocycles. The largest absolute Gasteiger partial charge is 0.488 e.